The fourth-order valence-corrected chi connectivity index (χ4v) is 7.42. The number of methoxy groups -OCH3 is 1. The van der Waals surface area contributed by atoms with Crippen molar-refractivity contribution in [2.24, 2.45) is 10.8 Å². The SMILES string of the molecule is COc1cc(C(=O)OC(C)(C)CCOC(C)(C)CCO)ccc1NC(=O)C1NC(CC(C)(C)C)C(C#N)(Cc2ccc(Cl)cc2F)C1c1cccc(Cl)c1F. The third-order valence-electron chi connectivity index (χ3n) is 9.99. The third-order valence-corrected chi connectivity index (χ3v) is 10.5. The van der Waals surface area contributed by atoms with Crippen molar-refractivity contribution in [3.8, 4) is 11.8 Å². The van der Waals surface area contributed by atoms with Crippen molar-refractivity contribution < 1.29 is 37.7 Å². The summed E-state index contributed by atoms with van der Waals surface area (Å²) in [5.74, 6) is -3.64. The highest BCUT2D eigenvalue weighted by Gasteiger charge is 2.59. The summed E-state index contributed by atoms with van der Waals surface area (Å²) >= 11 is 12.3. The molecule has 1 amide bonds. The van der Waals surface area contributed by atoms with E-state index in [1.54, 1.807) is 19.9 Å². The van der Waals surface area contributed by atoms with Crippen LogP contribution in [0.15, 0.2) is 54.6 Å². The molecule has 0 bridgehead atoms. The van der Waals surface area contributed by atoms with E-state index in [-0.39, 0.29) is 56.6 Å². The molecule has 55 heavy (non-hydrogen) atoms. The largest absolute Gasteiger partial charge is 0.495 e. The minimum absolute atomic E-state index is 0.00816. The summed E-state index contributed by atoms with van der Waals surface area (Å²) in [6.45, 7) is 13.5. The van der Waals surface area contributed by atoms with Crippen LogP contribution in [0, 0.1) is 33.8 Å². The van der Waals surface area contributed by atoms with E-state index in [2.05, 4.69) is 16.7 Å². The third kappa shape index (κ3) is 10.7. The summed E-state index contributed by atoms with van der Waals surface area (Å²) < 4.78 is 48.8. The van der Waals surface area contributed by atoms with Crippen LogP contribution in [0.4, 0.5) is 14.5 Å². The van der Waals surface area contributed by atoms with Crippen molar-refractivity contribution in [2.75, 3.05) is 25.6 Å². The number of aliphatic hydroxyl groups excluding tert-OH is 1. The zero-order valence-electron chi connectivity index (χ0n) is 32.6. The van der Waals surface area contributed by atoms with Crippen molar-refractivity contribution >= 4 is 40.8 Å². The van der Waals surface area contributed by atoms with Gasteiger partial charge in [0.05, 0.1) is 53.1 Å². The predicted octanol–water partition coefficient (Wildman–Crippen LogP) is 9.03. The average molecular weight is 803 g/mol. The molecule has 4 rings (SSSR count). The minimum atomic E-state index is -1.54. The number of nitriles is 1. The van der Waals surface area contributed by atoms with Crippen LogP contribution < -0.4 is 15.4 Å². The number of nitrogens with one attached hydrogen (secondary N) is 2. The lowest BCUT2D eigenvalue weighted by Crippen LogP contribution is -2.43. The van der Waals surface area contributed by atoms with E-state index in [9.17, 15) is 20.0 Å². The maximum Gasteiger partial charge on any atom is 0.338 e. The quantitative estimate of drug-likeness (QED) is 0.130. The zero-order valence-corrected chi connectivity index (χ0v) is 34.1. The maximum atomic E-state index is 16.1. The fraction of sp³-hybridized carbons (Fsp3) is 0.500. The summed E-state index contributed by atoms with van der Waals surface area (Å²) in [5.41, 5.74) is -2.74. The molecule has 1 heterocycles. The van der Waals surface area contributed by atoms with E-state index in [0.717, 1.165) is 6.07 Å². The Morgan fingerprint density at radius 3 is 2.33 bits per heavy atom. The Labute approximate surface area is 332 Å². The number of aliphatic hydroxyl groups is 1. The van der Waals surface area contributed by atoms with Crippen LogP contribution in [0.2, 0.25) is 10.0 Å². The second kappa shape index (κ2) is 17.6. The van der Waals surface area contributed by atoms with Crippen LogP contribution in [-0.4, -0.2) is 60.6 Å². The van der Waals surface area contributed by atoms with E-state index >= 15 is 8.78 Å². The number of anilines is 1. The van der Waals surface area contributed by atoms with Gasteiger partial charge in [0.15, 0.2) is 0 Å². The number of hydrogen-bond donors (Lipinski definition) is 3. The Hall–Kier alpha value is -3.79. The Morgan fingerprint density at radius 2 is 1.71 bits per heavy atom. The van der Waals surface area contributed by atoms with Crippen molar-refractivity contribution in [1.82, 2.24) is 5.32 Å². The van der Waals surface area contributed by atoms with Crippen molar-refractivity contribution in [3.05, 3.63) is 93.0 Å². The van der Waals surface area contributed by atoms with Gasteiger partial charge < -0.3 is 30.0 Å². The molecule has 1 aliphatic heterocycles. The number of rotatable bonds is 15. The molecule has 3 aromatic rings. The maximum absolute atomic E-state index is 16.1. The van der Waals surface area contributed by atoms with Crippen LogP contribution in [0.3, 0.4) is 0 Å². The number of ether oxygens (including phenoxy) is 3. The Kier molecular flexibility index (Phi) is 14.0. The summed E-state index contributed by atoms with van der Waals surface area (Å²) in [6, 6.07) is 13.5. The van der Waals surface area contributed by atoms with Gasteiger partial charge in [-0.2, -0.15) is 5.26 Å². The van der Waals surface area contributed by atoms with Gasteiger partial charge in [0.2, 0.25) is 5.91 Å². The predicted molar refractivity (Wildman–Crippen MR) is 210 cm³/mol. The molecule has 0 radical (unpaired) electrons. The van der Waals surface area contributed by atoms with Gasteiger partial charge >= 0.3 is 5.97 Å². The fourth-order valence-electron chi connectivity index (χ4n) is 7.08. The molecule has 0 spiro atoms. The van der Waals surface area contributed by atoms with Gasteiger partial charge in [-0.3, -0.25) is 4.79 Å². The molecule has 0 aliphatic carbocycles. The first-order valence-corrected chi connectivity index (χ1v) is 18.9. The molecule has 9 nitrogen and oxygen atoms in total. The number of esters is 1. The normalized spacial score (nSPS) is 20.2. The number of benzene rings is 3. The first kappa shape index (κ1) is 43.9. The van der Waals surface area contributed by atoms with Crippen molar-refractivity contribution in [2.45, 2.75) is 103 Å². The van der Waals surface area contributed by atoms with E-state index in [1.165, 1.54) is 49.6 Å². The van der Waals surface area contributed by atoms with E-state index in [1.807, 2.05) is 34.6 Å². The molecule has 13 heteroatoms. The molecule has 4 unspecified atom stereocenters. The van der Waals surface area contributed by atoms with Crippen LogP contribution in [-0.2, 0) is 20.7 Å². The number of nitrogens with zero attached hydrogens (tertiary/aromatic N) is 1. The molecular weight excluding hydrogens is 751 g/mol. The zero-order chi connectivity index (χ0) is 40.9. The van der Waals surface area contributed by atoms with Crippen LogP contribution in [0.1, 0.15) is 95.1 Å². The highest BCUT2D eigenvalue weighted by molar-refractivity contribution is 6.31. The Balaban J connectivity index is 1.68. The first-order valence-electron chi connectivity index (χ1n) is 18.2. The number of halogens is 4. The standard InChI is InChI=1S/C42H51Cl2F2N3O6/c1-39(2,3)23-33-42(24-47,22-26-12-14-27(43)21-30(26)45)34(28-10-9-11-29(44)35(28)46)36(49-33)37(51)48-31-15-13-25(20-32(31)53-8)38(52)55-41(6,7)17-19-54-40(4,5)16-18-50/h9-15,20-21,33-34,36,49-50H,16-19,22-23H2,1-8H3,(H,48,51). The van der Waals surface area contributed by atoms with Gasteiger partial charge in [-0.05, 0) is 99.9 Å². The molecule has 0 saturated carbocycles. The van der Waals surface area contributed by atoms with Crippen LogP contribution >= 0.6 is 23.2 Å². The summed E-state index contributed by atoms with van der Waals surface area (Å²) in [6.07, 6.45) is 1.07. The number of carbonyl (C=O) groups excluding carboxylic acids is 2. The lowest BCUT2D eigenvalue weighted by atomic mass is 9.63. The molecule has 0 aromatic heterocycles. The highest BCUT2D eigenvalue weighted by Crippen LogP contribution is 2.52. The lowest BCUT2D eigenvalue weighted by Gasteiger charge is -2.37. The van der Waals surface area contributed by atoms with Gasteiger partial charge in [0.1, 0.15) is 23.0 Å². The van der Waals surface area contributed by atoms with Gasteiger partial charge in [0, 0.05) is 30.0 Å². The first-order chi connectivity index (χ1) is 25.7. The molecule has 1 fully saturated rings. The lowest BCUT2D eigenvalue weighted by molar-refractivity contribution is -0.118. The minimum Gasteiger partial charge on any atom is -0.495 e. The van der Waals surface area contributed by atoms with Crippen LogP contribution in [0.25, 0.3) is 0 Å². The van der Waals surface area contributed by atoms with E-state index < -0.39 is 58.1 Å². The van der Waals surface area contributed by atoms with E-state index in [4.69, 9.17) is 37.4 Å². The highest BCUT2D eigenvalue weighted by atomic mass is 35.5. The van der Waals surface area contributed by atoms with E-state index in [0.29, 0.717) is 25.9 Å². The topological polar surface area (TPSA) is 130 Å². The van der Waals surface area contributed by atoms with Gasteiger partial charge in [-0.25, -0.2) is 13.6 Å². The monoisotopic (exact) mass is 801 g/mol. The second-order valence-electron chi connectivity index (χ2n) is 16.5. The summed E-state index contributed by atoms with van der Waals surface area (Å²) in [5, 5.41) is 26.6. The average Bonchev–Trinajstić information content (AvgIpc) is 3.38. The number of amides is 1. The Bertz CT molecular complexity index is 1910. The van der Waals surface area contributed by atoms with Gasteiger partial charge in [-0.1, -0.05) is 62.2 Å². The molecule has 1 aliphatic rings. The van der Waals surface area contributed by atoms with Crippen molar-refractivity contribution in [1.29, 1.82) is 5.26 Å². The summed E-state index contributed by atoms with van der Waals surface area (Å²) in [4.78, 5) is 27.7. The molecule has 1 saturated heterocycles. The Morgan fingerprint density at radius 1 is 1.00 bits per heavy atom. The second-order valence-corrected chi connectivity index (χ2v) is 17.4. The number of carbonyl (C=O) groups is 2. The molecule has 3 aromatic carbocycles. The van der Waals surface area contributed by atoms with Gasteiger partial charge in [-0.15, -0.1) is 0 Å². The molecule has 298 valence electrons. The molecule has 3 N–H and O–H groups in total. The molecular formula is C42H51Cl2F2N3O6. The van der Waals surface area contributed by atoms with Crippen LogP contribution in [0.5, 0.6) is 5.75 Å². The summed E-state index contributed by atoms with van der Waals surface area (Å²) in [7, 11) is 1.38. The van der Waals surface area contributed by atoms with Crippen molar-refractivity contribution in [3.63, 3.8) is 0 Å². The molecule has 4 atom stereocenters. The van der Waals surface area contributed by atoms with Gasteiger partial charge in [0.25, 0.3) is 0 Å². The smallest absolute Gasteiger partial charge is 0.338 e. The number of hydrogen-bond acceptors (Lipinski definition) is 8.